The molecular formula is C33H48BN5O5S. The number of nitrogens with two attached hydrogens (primary N) is 2. The smallest absolute Gasteiger partial charge is 0.404 e. The fraction of sp³-hybridized carbons (Fsp3) is 0.576. The number of sulfonamides is 1. The summed E-state index contributed by atoms with van der Waals surface area (Å²) >= 11 is 0. The van der Waals surface area contributed by atoms with Crippen molar-refractivity contribution in [3.8, 4) is 11.1 Å². The van der Waals surface area contributed by atoms with Crippen LogP contribution in [0.15, 0.2) is 52.4 Å². The van der Waals surface area contributed by atoms with E-state index in [9.17, 15) is 13.2 Å². The van der Waals surface area contributed by atoms with E-state index in [2.05, 4.69) is 35.8 Å². The van der Waals surface area contributed by atoms with Crippen LogP contribution in [0.25, 0.3) is 11.1 Å². The Morgan fingerprint density at radius 1 is 1.13 bits per heavy atom. The van der Waals surface area contributed by atoms with E-state index in [1.165, 1.54) is 0 Å². The van der Waals surface area contributed by atoms with Crippen molar-refractivity contribution >= 4 is 29.0 Å². The molecule has 6 N–H and O–H groups in total. The molecule has 3 aliphatic carbocycles. The number of amides is 1. The zero-order chi connectivity index (χ0) is 32.9. The molecule has 1 aliphatic heterocycles. The molecule has 1 heterocycles. The summed E-state index contributed by atoms with van der Waals surface area (Å²) in [6.07, 6.45) is 3.28. The average molecular weight is 638 g/mol. The van der Waals surface area contributed by atoms with Crippen LogP contribution < -0.4 is 21.5 Å². The lowest BCUT2D eigenvalue weighted by Crippen LogP contribution is -2.65. The molecule has 0 radical (unpaired) electrons. The van der Waals surface area contributed by atoms with Gasteiger partial charge in [-0.15, -0.1) is 0 Å². The molecule has 0 spiro atoms. The maximum absolute atomic E-state index is 13.8. The number of aryl methyl sites for hydroxylation is 1. The number of rotatable bonds is 10. The molecule has 6 rings (SSSR count). The molecule has 2 aromatic carbocycles. The van der Waals surface area contributed by atoms with Crippen molar-refractivity contribution in [2.24, 2.45) is 33.7 Å². The highest BCUT2D eigenvalue weighted by Gasteiger charge is 2.68. The van der Waals surface area contributed by atoms with Gasteiger partial charge >= 0.3 is 7.12 Å². The Morgan fingerprint density at radius 2 is 1.84 bits per heavy atom. The van der Waals surface area contributed by atoms with Crippen LogP contribution in [0.3, 0.4) is 0 Å². The van der Waals surface area contributed by atoms with E-state index >= 15 is 0 Å². The van der Waals surface area contributed by atoms with E-state index in [1.807, 2.05) is 13.0 Å². The van der Waals surface area contributed by atoms with Crippen molar-refractivity contribution in [2.75, 3.05) is 6.54 Å². The first-order valence-corrected chi connectivity index (χ1v) is 17.3. The average Bonchev–Trinajstić information content (AvgIpc) is 3.30. The summed E-state index contributed by atoms with van der Waals surface area (Å²) in [6.45, 7) is 14.5. The third kappa shape index (κ3) is 6.66. The molecule has 45 heavy (non-hydrogen) atoms. The molecule has 10 nitrogen and oxygen atoms in total. The minimum Gasteiger partial charge on any atom is -0.404 e. The molecule has 1 saturated heterocycles. The van der Waals surface area contributed by atoms with Gasteiger partial charge in [0.1, 0.15) is 0 Å². The summed E-state index contributed by atoms with van der Waals surface area (Å²) < 4.78 is 42.5. The number of carbonyl (C=O) groups is 1. The number of hydrogen-bond acceptors (Lipinski definition) is 6. The molecular weight excluding hydrogens is 589 g/mol. The van der Waals surface area contributed by atoms with Gasteiger partial charge in [0.15, 0.2) is 5.96 Å². The highest BCUT2D eigenvalue weighted by molar-refractivity contribution is 7.89. The number of nitrogens with zero attached hydrogens (tertiary/aromatic N) is 1. The zero-order valence-electron chi connectivity index (χ0n) is 27.5. The zero-order valence-corrected chi connectivity index (χ0v) is 28.3. The fourth-order valence-corrected chi connectivity index (χ4v) is 9.25. The molecule has 244 valence electrons. The first-order chi connectivity index (χ1) is 20.9. The lowest BCUT2D eigenvalue weighted by molar-refractivity contribution is -0.199. The van der Waals surface area contributed by atoms with E-state index in [-0.39, 0.29) is 28.3 Å². The monoisotopic (exact) mass is 637 g/mol. The molecule has 4 fully saturated rings. The lowest BCUT2D eigenvalue weighted by Gasteiger charge is -2.64. The van der Waals surface area contributed by atoms with E-state index in [1.54, 1.807) is 57.2 Å². The van der Waals surface area contributed by atoms with E-state index in [0.717, 1.165) is 18.4 Å². The second kappa shape index (κ2) is 12.0. The summed E-state index contributed by atoms with van der Waals surface area (Å²) in [7, 11) is -4.37. The van der Waals surface area contributed by atoms with Crippen LogP contribution in [0, 0.1) is 24.2 Å². The third-order valence-electron chi connectivity index (χ3n) is 9.98. The standard InChI is InChI=1S/C33H48BN5O5S/c1-20-17-21(24-11-8-9-12-25(24)45(41,42)39-31(2,3)4)14-15-23(20)29(40)38-28(13-10-16-37-30(35)36)34-43-27-19-22-18-26(32(22,5)6)33(27,7)44-34/h8-9,11-12,14-15,17,22,26-28,39H,10,13,16,18-19H2,1-7H3,(H,38,40)(H4,35,36,37)/t22?,26?,27-,28+,33+/m1/s1. The van der Waals surface area contributed by atoms with Gasteiger partial charge in [-0.25, -0.2) is 13.1 Å². The quantitative estimate of drug-likeness (QED) is 0.132. The molecule has 2 bridgehead atoms. The van der Waals surface area contributed by atoms with Crippen LogP contribution in [0.1, 0.15) is 83.1 Å². The van der Waals surface area contributed by atoms with Gasteiger partial charge in [-0.1, -0.05) is 44.2 Å². The number of carbonyl (C=O) groups excluding carboxylic acids is 1. The van der Waals surface area contributed by atoms with Gasteiger partial charge in [0.25, 0.3) is 5.91 Å². The second-order valence-electron chi connectivity index (χ2n) is 14.7. The Bertz CT molecular complexity index is 1590. The minimum atomic E-state index is -3.78. The molecule has 5 atom stereocenters. The van der Waals surface area contributed by atoms with E-state index < -0.39 is 34.2 Å². The Kier molecular flexibility index (Phi) is 8.93. The van der Waals surface area contributed by atoms with Crippen LogP contribution >= 0.6 is 0 Å². The van der Waals surface area contributed by atoms with Crippen LogP contribution in [0.4, 0.5) is 0 Å². The van der Waals surface area contributed by atoms with Gasteiger partial charge in [0.2, 0.25) is 10.0 Å². The lowest BCUT2D eigenvalue weighted by atomic mass is 9.43. The summed E-state index contributed by atoms with van der Waals surface area (Å²) in [5.74, 6) is 0.379. The fourth-order valence-electron chi connectivity index (χ4n) is 7.60. The Morgan fingerprint density at radius 3 is 2.49 bits per heavy atom. The van der Waals surface area contributed by atoms with Gasteiger partial charge in [0, 0.05) is 23.2 Å². The second-order valence-corrected chi connectivity index (χ2v) is 16.4. The summed E-state index contributed by atoms with van der Waals surface area (Å²) in [6, 6.07) is 12.3. The molecule has 1 amide bonds. The topological polar surface area (TPSA) is 158 Å². The first-order valence-electron chi connectivity index (χ1n) is 15.9. The van der Waals surface area contributed by atoms with Gasteiger partial charge in [0.05, 0.1) is 22.5 Å². The highest BCUT2D eigenvalue weighted by Crippen LogP contribution is 2.65. The Balaban J connectivity index is 1.37. The van der Waals surface area contributed by atoms with Crippen LogP contribution in [-0.4, -0.2) is 57.1 Å². The first kappa shape index (κ1) is 33.4. The largest absolute Gasteiger partial charge is 0.481 e. The molecule has 0 aromatic heterocycles. The SMILES string of the molecule is Cc1cc(-c2ccccc2S(=O)(=O)NC(C)(C)C)ccc1C(=O)N[C@@H](CCCN=C(N)N)B1O[C@@H]2CC3CC(C3(C)C)[C@]2(C)O1. The van der Waals surface area contributed by atoms with Crippen LogP contribution in [0.2, 0.25) is 0 Å². The maximum atomic E-state index is 13.8. The van der Waals surface area contributed by atoms with Gasteiger partial charge in [-0.2, -0.15) is 0 Å². The number of aliphatic imine (C=N–C) groups is 1. The van der Waals surface area contributed by atoms with E-state index in [4.69, 9.17) is 20.8 Å². The Hall–Kier alpha value is -2.93. The molecule has 3 saturated carbocycles. The van der Waals surface area contributed by atoms with Gasteiger partial charge < -0.3 is 26.1 Å². The number of nitrogens with one attached hydrogen (secondary N) is 2. The van der Waals surface area contributed by atoms with Gasteiger partial charge in [-0.05, 0) is 101 Å². The van der Waals surface area contributed by atoms with Crippen molar-refractivity contribution < 1.29 is 22.5 Å². The summed E-state index contributed by atoms with van der Waals surface area (Å²) in [5.41, 5.74) is 12.7. The summed E-state index contributed by atoms with van der Waals surface area (Å²) in [5, 5.41) is 3.20. The van der Waals surface area contributed by atoms with Crippen molar-refractivity contribution in [2.45, 2.75) is 102 Å². The van der Waals surface area contributed by atoms with E-state index in [0.29, 0.717) is 47.9 Å². The third-order valence-corrected chi connectivity index (χ3v) is 11.8. The van der Waals surface area contributed by atoms with Crippen molar-refractivity contribution in [1.82, 2.24) is 10.0 Å². The maximum Gasteiger partial charge on any atom is 0.481 e. The van der Waals surface area contributed by atoms with Crippen LogP contribution in [0.5, 0.6) is 0 Å². The van der Waals surface area contributed by atoms with Crippen LogP contribution in [-0.2, 0) is 19.3 Å². The normalized spacial score (nSPS) is 26.0. The number of hydrogen-bond donors (Lipinski definition) is 4. The molecule has 2 aromatic rings. The Labute approximate surface area is 268 Å². The van der Waals surface area contributed by atoms with Crippen molar-refractivity contribution in [3.05, 3.63) is 53.6 Å². The predicted octanol–water partition coefficient (Wildman–Crippen LogP) is 4.16. The minimum absolute atomic E-state index is 0.0125. The molecule has 2 unspecified atom stereocenters. The molecule has 4 aliphatic rings. The predicted molar refractivity (Wildman–Crippen MR) is 178 cm³/mol. The summed E-state index contributed by atoms with van der Waals surface area (Å²) in [4.78, 5) is 18.1. The van der Waals surface area contributed by atoms with Crippen molar-refractivity contribution in [1.29, 1.82) is 0 Å². The number of benzene rings is 2. The van der Waals surface area contributed by atoms with Crippen molar-refractivity contribution in [3.63, 3.8) is 0 Å². The number of guanidine groups is 1. The van der Waals surface area contributed by atoms with Gasteiger partial charge in [-0.3, -0.25) is 9.79 Å². The molecule has 12 heteroatoms. The highest BCUT2D eigenvalue weighted by atomic mass is 32.2.